The second-order valence-corrected chi connectivity index (χ2v) is 5.96. The second kappa shape index (κ2) is 9.60. The quantitative estimate of drug-likeness (QED) is 0.548. The van der Waals surface area contributed by atoms with Crippen LogP contribution in [0.15, 0.2) is 48.5 Å². The molecular formula is C20H26N2O2. The Morgan fingerprint density at radius 2 is 1.92 bits per heavy atom. The summed E-state index contributed by atoms with van der Waals surface area (Å²) in [5.41, 5.74) is 8.77. The maximum absolute atomic E-state index is 11.8. The standard InChI is InChI=1S/C20H26N2O2/c1-16-5-4-6-19(15-16)24-14-3-2-7-20(23)22-13-12-17-8-10-18(21)11-9-17/h4-6,8-11,15H,2-3,7,12-14,21H2,1H3,(H,22,23). The number of hydrogen-bond acceptors (Lipinski definition) is 3. The van der Waals surface area contributed by atoms with Crippen LogP contribution < -0.4 is 15.8 Å². The zero-order valence-electron chi connectivity index (χ0n) is 14.3. The first kappa shape index (κ1) is 17.9. The zero-order chi connectivity index (χ0) is 17.2. The van der Waals surface area contributed by atoms with Gasteiger partial charge in [0.05, 0.1) is 6.61 Å². The van der Waals surface area contributed by atoms with E-state index in [1.54, 1.807) is 0 Å². The van der Waals surface area contributed by atoms with Crippen LogP contribution >= 0.6 is 0 Å². The van der Waals surface area contributed by atoms with E-state index < -0.39 is 0 Å². The third-order valence-corrected chi connectivity index (χ3v) is 3.77. The Bertz CT molecular complexity index is 638. The largest absolute Gasteiger partial charge is 0.494 e. The minimum Gasteiger partial charge on any atom is -0.494 e. The number of amides is 1. The van der Waals surface area contributed by atoms with Crippen molar-refractivity contribution in [3.05, 3.63) is 59.7 Å². The van der Waals surface area contributed by atoms with Crippen LogP contribution in [0.1, 0.15) is 30.4 Å². The number of aryl methyl sites for hydroxylation is 1. The van der Waals surface area contributed by atoms with Crippen molar-refractivity contribution >= 4 is 11.6 Å². The molecule has 0 fully saturated rings. The van der Waals surface area contributed by atoms with E-state index in [0.29, 0.717) is 19.6 Å². The van der Waals surface area contributed by atoms with Gasteiger partial charge in [0, 0.05) is 18.7 Å². The summed E-state index contributed by atoms with van der Waals surface area (Å²) in [5, 5.41) is 2.95. The Hall–Kier alpha value is -2.49. The molecule has 128 valence electrons. The SMILES string of the molecule is Cc1cccc(OCCCCC(=O)NCCc2ccc(N)cc2)c1. The molecule has 0 spiro atoms. The molecule has 2 aromatic rings. The molecule has 2 rings (SSSR count). The summed E-state index contributed by atoms with van der Waals surface area (Å²) in [5.74, 6) is 0.990. The van der Waals surface area contributed by atoms with Crippen LogP contribution in [0.5, 0.6) is 5.75 Å². The smallest absolute Gasteiger partial charge is 0.220 e. The van der Waals surface area contributed by atoms with E-state index in [-0.39, 0.29) is 5.91 Å². The molecule has 2 aromatic carbocycles. The number of anilines is 1. The molecule has 0 radical (unpaired) electrons. The van der Waals surface area contributed by atoms with Gasteiger partial charge in [0.25, 0.3) is 0 Å². The second-order valence-electron chi connectivity index (χ2n) is 5.96. The van der Waals surface area contributed by atoms with Crippen LogP contribution in [0.4, 0.5) is 5.69 Å². The van der Waals surface area contributed by atoms with E-state index in [1.807, 2.05) is 55.5 Å². The number of nitrogens with two attached hydrogens (primary N) is 1. The van der Waals surface area contributed by atoms with Crippen LogP contribution in [0.25, 0.3) is 0 Å². The average molecular weight is 326 g/mol. The molecule has 1 amide bonds. The minimum absolute atomic E-state index is 0.0981. The van der Waals surface area contributed by atoms with Crippen LogP contribution in [-0.4, -0.2) is 19.1 Å². The Labute approximate surface area is 144 Å². The zero-order valence-corrected chi connectivity index (χ0v) is 14.3. The fourth-order valence-electron chi connectivity index (χ4n) is 2.40. The van der Waals surface area contributed by atoms with Gasteiger partial charge < -0.3 is 15.8 Å². The van der Waals surface area contributed by atoms with Crippen LogP contribution in [0.3, 0.4) is 0 Å². The molecule has 0 heterocycles. The Morgan fingerprint density at radius 3 is 2.67 bits per heavy atom. The molecule has 0 aromatic heterocycles. The summed E-state index contributed by atoms with van der Waals surface area (Å²) < 4.78 is 5.68. The maximum Gasteiger partial charge on any atom is 0.220 e. The van der Waals surface area contributed by atoms with E-state index in [0.717, 1.165) is 30.7 Å². The Morgan fingerprint density at radius 1 is 1.12 bits per heavy atom. The number of rotatable bonds is 9. The molecule has 0 saturated heterocycles. The predicted molar refractivity (Wildman–Crippen MR) is 98.1 cm³/mol. The molecule has 0 unspecified atom stereocenters. The summed E-state index contributed by atoms with van der Waals surface area (Å²) in [7, 11) is 0. The number of hydrogen-bond donors (Lipinski definition) is 2. The molecule has 3 N–H and O–H groups in total. The first-order valence-corrected chi connectivity index (χ1v) is 8.44. The topological polar surface area (TPSA) is 64.3 Å². The molecule has 0 aliphatic heterocycles. The van der Waals surface area contributed by atoms with Gasteiger partial charge in [-0.25, -0.2) is 0 Å². The Kier molecular flexibility index (Phi) is 7.15. The van der Waals surface area contributed by atoms with Crippen molar-refractivity contribution in [1.29, 1.82) is 0 Å². The lowest BCUT2D eigenvalue weighted by atomic mass is 10.1. The van der Waals surface area contributed by atoms with Gasteiger partial charge in [-0.15, -0.1) is 0 Å². The van der Waals surface area contributed by atoms with Crippen molar-refractivity contribution in [2.24, 2.45) is 0 Å². The lowest BCUT2D eigenvalue weighted by Gasteiger charge is -2.07. The summed E-state index contributed by atoms with van der Waals surface area (Å²) >= 11 is 0. The number of nitrogens with one attached hydrogen (secondary N) is 1. The molecule has 0 bridgehead atoms. The van der Waals surface area contributed by atoms with Gasteiger partial charge in [0.1, 0.15) is 5.75 Å². The summed E-state index contributed by atoms with van der Waals surface area (Å²) in [6.07, 6.45) is 3.07. The van der Waals surface area contributed by atoms with Crippen LogP contribution in [0.2, 0.25) is 0 Å². The van der Waals surface area contributed by atoms with Gasteiger partial charge in [-0.3, -0.25) is 4.79 Å². The first-order chi connectivity index (χ1) is 11.6. The fraction of sp³-hybridized carbons (Fsp3) is 0.350. The highest BCUT2D eigenvalue weighted by Gasteiger charge is 2.01. The van der Waals surface area contributed by atoms with Gasteiger partial charge in [0.15, 0.2) is 0 Å². The third-order valence-electron chi connectivity index (χ3n) is 3.77. The normalized spacial score (nSPS) is 10.4. The van der Waals surface area contributed by atoms with E-state index in [9.17, 15) is 4.79 Å². The molecular weight excluding hydrogens is 300 g/mol. The summed E-state index contributed by atoms with van der Waals surface area (Å²) in [4.78, 5) is 11.8. The van der Waals surface area contributed by atoms with Gasteiger partial charge in [-0.05, 0) is 61.6 Å². The number of carbonyl (C=O) groups excluding carboxylic acids is 1. The highest BCUT2D eigenvalue weighted by atomic mass is 16.5. The minimum atomic E-state index is 0.0981. The lowest BCUT2D eigenvalue weighted by Crippen LogP contribution is -2.25. The van der Waals surface area contributed by atoms with Crippen LogP contribution in [-0.2, 0) is 11.2 Å². The molecule has 0 aliphatic rings. The average Bonchev–Trinajstić information content (AvgIpc) is 2.56. The van der Waals surface area contributed by atoms with Crippen molar-refractivity contribution in [2.45, 2.75) is 32.6 Å². The van der Waals surface area contributed by atoms with E-state index in [1.165, 1.54) is 11.1 Å². The highest BCUT2D eigenvalue weighted by Crippen LogP contribution is 2.13. The van der Waals surface area contributed by atoms with Crippen molar-refractivity contribution < 1.29 is 9.53 Å². The summed E-state index contributed by atoms with van der Waals surface area (Å²) in [6, 6.07) is 15.7. The number of carbonyl (C=O) groups is 1. The molecule has 0 atom stereocenters. The molecule has 4 heteroatoms. The van der Waals surface area contributed by atoms with Gasteiger partial charge in [-0.1, -0.05) is 24.3 Å². The molecule has 0 aliphatic carbocycles. The molecule has 4 nitrogen and oxygen atoms in total. The summed E-state index contributed by atoms with van der Waals surface area (Å²) in [6.45, 7) is 3.34. The number of unbranched alkanes of at least 4 members (excludes halogenated alkanes) is 1. The first-order valence-electron chi connectivity index (χ1n) is 8.44. The lowest BCUT2D eigenvalue weighted by molar-refractivity contribution is -0.121. The third kappa shape index (κ3) is 6.73. The van der Waals surface area contributed by atoms with Gasteiger partial charge in [-0.2, -0.15) is 0 Å². The monoisotopic (exact) mass is 326 g/mol. The van der Waals surface area contributed by atoms with Crippen molar-refractivity contribution in [2.75, 3.05) is 18.9 Å². The van der Waals surface area contributed by atoms with E-state index >= 15 is 0 Å². The highest BCUT2D eigenvalue weighted by molar-refractivity contribution is 5.75. The number of ether oxygens (including phenoxy) is 1. The number of benzene rings is 2. The number of nitrogen functional groups attached to an aromatic ring is 1. The van der Waals surface area contributed by atoms with Crippen molar-refractivity contribution in [3.63, 3.8) is 0 Å². The predicted octanol–water partition coefficient (Wildman–Crippen LogP) is 3.49. The maximum atomic E-state index is 11.8. The molecule has 24 heavy (non-hydrogen) atoms. The van der Waals surface area contributed by atoms with E-state index in [4.69, 9.17) is 10.5 Å². The van der Waals surface area contributed by atoms with Gasteiger partial charge >= 0.3 is 0 Å². The Balaban J connectivity index is 1.52. The van der Waals surface area contributed by atoms with Crippen molar-refractivity contribution in [3.8, 4) is 5.75 Å². The van der Waals surface area contributed by atoms with Gasteiger partial charge in [0.2, 0.25) is 5.91 Å². The van der Waals surface area contributed by atoms with Crippen LogP contribution in [0, 0.1) is 6.92 Å². The van der Waals surface area contributed by atoms with E-state index in [2.05, 4.69) is 5.32 Å². The fourth-order valence-corrected chi connectivity index (χ4v) is 2.40. The molecule has 0 saturated carbocycles. The van der Waals surface area contributed by atoms with Crippen molar-refractivity contribution in [1.82, 2.24) is 5.32 Å².